The second-order valence-electron chi connectivity index (χ2n) is 1.71. The summed E-state index contributed by atoms with van der Waals surface area (Å²) in [5.41, 5.74) is 0. The Morgan fingerprint density at radius 2 is 0.917 bits per heavy atom. The molecule has 0 saturated carbocycles. The largest absolute Gasteiger partial charge is 0.255 e. The fourth-order valence-corrected chi connectivity index (χ4v) is 0.555. The predicted octanol–water partition coefficient (Wildman–Crippen LogP) is 0.868. The molecule has 0 bridgehead atoms. The molecular weight excluding hydrogens is 156 g/mol. The molecule has 0 spiro atoms. The lowest BCUT2D eigenvalue weighted by molar-refractivity contribution is 1.03. The number of hydrogen-bond donors (Lipinski definition) is 0. The molecular formula is C6H6N6. The van der Waals surface area contributed by atoms with Crippen LogP contribution in [-0.2, 0) is 0 Å². The van der Waals surface area contributed by atoms with E-state index in [-0.39, 0.29) is 17.8 Å². The Labute approximate surface area is 68.9 Å². The van der Waals surface area contributed by atoms with Crippen LogP contribution in [0.2, 0.25) is 0 Å². The molecule has 0 radical (unpaired) electrons. The van der Waals surface area contributed by atoms with Crippen molar-refractivity contribution in [3.8, 4) is 0 Å². The SMILES string of the molecule is C=Nc1nc(N=C)nc(N=C)n1. The number of rotatable bonds is 3. The van der Waals surface area contributed by atoms with Gasteiger partial charge in [0.15, 0.2) is 0 Å². The Kier molecular flexibility index (Phi) is 2.32. The van der Waals surface area contributed by atoms with E-state index in [1.807, 2.05) is 0 Å². The standard InChI is InChI=1S/C6H6N6/c1-7-4-10-5(8-2)12-6(9-3)11-4/h1-3H2. The van der Waals surface area contributed by atoms with Gasteiger partial charge in [-0.25, -0.2) is 15.0 Å². The highest BCUT2D eigenvalue weighted by Gasteiger charge is 2.00. The van der Waals surface area contributed by atoms with Gasteiger partial charge < -0.3 is 0 Å². The van der Waals surface area contributed by atoms with Crippen molar-refractivity contribution in [2.24, 2.45) is 15.0 Å². The summed E-state index contributed by atoms with van der Waals surface area (Å²) in [6.07, 6.45) is 0. The summed E-state index contributed by atoms with van der Waals surface area (Å²) < 4.78 is 0. The van der Waals surface area contributed by atoms with Crippen LogP contribution < -0.4 is 0 Å². The predicted molar refractivity (Wildman–Crippen MR) is 47.5 cm³/mol. The van der Waals surface area contributed by atoms with Gasteiger partial charge in [-0.3, -0.25) is 0 Å². The van der Waals surface area contributed by atoms with Crippen LogP contribution in [0, 0.1) is 0 Å². The van der Waals surface area contributed by atoms with E-state index in [4.69, 9.17) is 0 Å². The van der Waals surface area contributed by atoms with Gasteiger partial charge in [-0.15, -0.1) is 0 Å². The lowest BCUT2D eigenvalue weighted by atomic mass is 10.8. The van der Waals surface area contributed by atoms with Crippen LogP contribution in [0.4, 0.5) is 17.8 Å². The minimum atomic E-state index is 0.162. The summed E-state index contributed by atoms with van der Waals surface area (Å²) in [4.78, 5) is 21.8. The van der Waals surface area contributed by atoms with Gasteiger partial charge in [-0.1, -0.05) is 0 Å². The first-order chi connectivity index (χ1) is 5.80. The lowest BCUT2D eigenvalue weighted by Gasteiger charge is -1.94. The minimum absolute atomic E-state index is 0.162. The van der Waals surface area contributed by atoms with Gasteiger partial charge in [0.1, 0.15) is 0 Å². The summed E-state index contributed by atoms with van der Waals surface area (Å²) in [5, 5.41) is 0. The summed E-state index contributed by atoms with van der Waals surface area (Å²) in [6.45, 7) is 9.76. The quantitative estimate of drug-likeness (QED) is 0.618. The van der Waals surface area contributed by atoms with Gasteiger partial charge in [0.05, 0.1) is 0 Å². The van der Waals surface area contributed by atoms with Gasteiger partial charge in [0.25, 0.3) is 17.8 Å². The molecule has 1 rings (SSSR count). The summed E-state index contributed by atoms with van der Waals surface area (Å²) in [7, 11) is 0. The van der Waals surface area contributed by atoms with Crippen LogP contribution in [0.25, 0.3) is 0 Å². The minimum Gasteiger partial charge on any atom is -0.227 e. The summed E-state index contributed by atoms with van der Waals surface area (Å²) in [5.74, 6) is 0.486. The Balaban J connectivity index is 3.26. The highest BCUT2D eigenvalue weighted by Crippen LogP contribution is 2.13. The van der Waals surface area contributed by atoms with Crippen molar-refractivity contribution >= 4 is 38.0 Å². The third-order valence-electron chi connectivity index (χ3n) is 1.02. The van der Waals surface area contributed by atoms with Gasteiger partial charge >= 0.3 is 0 Å². The molecule has 0 amide bonds. The second-order valence-corrected chi connectivity index (χ2v) is 1.71. The van der Waals surface area contributed by atoms with Crippen LogP contribution in [0.1, 0.15) is 0 Å². The summed E-state index contributed by atoms with van der Waals surface area (Å²) in [6, 6.07) is 0. The lowest BCUT2D eigenvalue weighted by Crippen LogP contribution is -1.86. The zero-order chi connectivity index (χ0) is 8.97. The fourth-order valence-electron chi connectivity index (χ4n) is 0.555. The smallest absolute Gasteiger partial charge is 0.227 e. The zero-order valence-corrected chi connectivity index (χ0v) is 6.30. The van der Waals surface area contributed by atoms with Crippen molar-refractivity contribution in [2.75, 3.05) is 0 Å². The van der Waals surface area contributed by atoms with Crippen LogP contribution in [0.3, 0.4) is 0 Å². The average Bonchev–Trinajstić information content (AvgIpc) is 2.16. The molecule has 6 nitrogen and oxygen atoms in total. The molecule has 12 heavy (non-hydrogen) atoms. The number of hydrogen-bond acceptors (Lipinski definition) is 6. The third-order valence-corrected chi connectivity index (χ3v) is 1.02. The van der Waals surface area contributed by atoms with E-state index in [0.29, 0.717) is 0 Å². The van der Waals surface area contributed by atoms with Crippen LogP contribution in [0.5, 0.6) is 0 Å². The van der Waals surface area contributed by atoms with Crippen molar-refractivity contribution in [3.63, 3.8) is 0 Å². The molecule has 0 aliphatic heterocycles. The van der Waals surface area contributed by atoms with E-state index in [2.05, 4.69) is 50.1 Å². The van der Waals surface area contributed by atoms with Gasteiger partial charge in [0, 0.05) is 0 Å². The maximum absolute atomic E-state index is 3.75. The van der Waals surface area contributed by atoms with E-state index < -0.39 is 0 Å². The Morgan fingerprint density at radius 1 is 0.667 bits per heavy atom. The van der Waals surface area contributed by atoms with E-state index in [9.17, 15) is 0 Å². The molecule has 6 heteroatoms. The van der Waals surface area contributed by atoms with Crippen molar-refractivity contribution in [1.29, 1.82) is 0 Å². The molecule has 0 saturated heterocycles. The van der Waals surface area contributed by atoms with Crippen molar-refractivity contribution in [3.05, 3.63) is 0 Å². The molecule has 60 valence electrons. The van der Waals surface area contributed by atoms with Crippen molar-refractivity contribution in [1.82, 2.24) is 15.0 Å². The van der Waals surface area contributed by atoms with E-state index >= 15 is 0 Å². The molecule has 0 aliphatic carbocycles. The Hall–Kier alpha value is -1.98. The highest BCUT2D eigenvalue weighted by molar-refractivity contribution is 5.44. The van der Waals surface area contributed by atoms with Crippen LogP contribution in [0.15, 0.2) is 15.0 Å². The van der Waals surface area contributed by atoms with Crippen molar-refractivity contribution < 1.29 is 0 Å². The first-order valence-corrected chi connectivity index (χ1v) is 2.96. The molecule has 1 aromatic heterocycles. The fraction of sp³-hybridized carbons (Fsp3) is 0. The second kappa shape index (κ2) is 3.42. The van der Waals surface area contributed by atoms with Crippen LogP contribution in [-0.4, -0.2) is 35.1 Å². The number of nitrogens with zero attached hydrogens (tertiary/aromatic N) is 6. The highest BCUT2D eigenvalue weighted by atomic mass is 15.2. The summed E-state index contributed by atoms with van der Waals surface area (Å²) >= 11 is 0. The monoisotopic (exact) mass is 162 g/mol. The normalized spacial score (nSPS) is 9.00. The molecule has 0 aliphatic rings. The molecule has 1 aromatic rings. The third kappa shape index (κ3) is 1.54. The maximum atomic E-state index is 3.75. The van der Waals surface area contributed by atoms with Gasteiger partial charge in [-0.05, 0) is 20.2 Å². The molecule has 0 aromatic carbocycles. The van der Waals surface area contributed by atoms with Gasteiger partial charge in [-0.2, -0.15) is 15.0 Å². The van der Waals surface area contributed by atoms with Crippen LogP contribution >= 0.6 is 0 Å². The zero-order valence-electron chi connectivity index (χ0n) is 6.30. The molecule has 0 N–H and O–H groups in total. The first kappa shape index (κ1) is 8.12. The average molecular weight is 162 g/mol. The molecule has 0 fully saturated rings. The van der Waals surface area contributed by atoms with E-state index in [0.717, 1.165) is 0 Å². The number of aromatic nitrogens is 3. The van der Waals surface area contributed by atoms with Crippen molar-refractivity contribution in [2.45, 2.75) is 0 Å². The number of aliphatic imine (C=N–C) groups is 3. The molecule has 0 unspecified atom stereocenters. The Bertz CT molecular complexity index is 266. The van der Waals surface area contributed by atoms with E-state index in [1.165, 1.54) is 0 Å². The molecule has 1 heterocycles. The molecule has 0 atom stereocenters. The van der Waals surface area contributed by atoms with E-state index in [1.54, 1.807) is 0 Å². The Morgan fingerprint density at radius 3 is 1.08 bits per heavy atom. The maximum Gasteiger partial charge on any atom is 0.255 e. The first-order valence-electron chi connectivity index (χ1n) is 2.96. The van der Waals surface area contributed by atoms with Gasteiger partial charge in [0.2, 0.25) is 0 Å². The topological polar surface area (TPSA) is 75.8 Å².